The number of rotatable bonds is 4. The molecule has 0 bridgehead atoms. The Balaban J connectivity index is 2.13. The van der Waals surface area contributed by atoms with Crippen molar-refractivity contribution in [2.45, 2.75) is 26.7 Å². The number of hydrogen-bond donors (Lipinski definition) is 1. The highest BCUT2D eigenvalue weighted by atomic mass is 32.1. The van der Waals surface area contributed by atoms with Gasteiger partial charge in [0.15, 0.2) is 0 Å². The lowest BCUT2D eigenvalue weighted by Gasteiger charge is -2.21. The molecule has 3 rings (SSSR count). The van der Waals surface area contributed by atoms with E-state index in [0.717, 1.165) is 50.7 Å². The maximum absolute atomic E-state index is 4.91. The Morgan fingerprint density at radius 3 is 2.71 bits per heavy atom. The Morgan fingerprint density at radius 2 is 2.00 bits per heavy atom. The maximum atomic E-state index is 4.91. The quantitative estimate of drug-likeness (QED) is 0.943. The fraction of sp³-hybridized carbons (Fsp3) is 0.500. The minimum Gasteiger partial charge on any atom is -0.341 e. The van der Waals surface area contributed by atoms with Gasteiger partial charge in [-0.15, -0.1) is 11.3 Å². The molecule has 4 nitrogen and oxygen atoms in total. The zero-order valence-corrected chi connectivity index (χ0v) is 13.5. The van der Waals surface area contributed by atoms with E-state index in [4.69, 9.17) is 9.97 Å². The highest BCUT2D eigenvalue weighted by Crippen LogP contribution is 2.30. The summed E-state index contributed by atoms with van der Waals surface area (Å²) in [6.07, 6.45) is 2.01. The highest BCUT2D eigenvalue weighted by Gasteiger charge is 2.19. The van der Waals surface area contributed by atoms with Crippen LogP contribution in [0.3, 0.4) is 0 Å². The minimum atomic E-state index is 0.879. The molecule has 0 unspecified atom stereocenters. The van der Waals surface area contributed by atoms with Crippen LogP contribution in [0.5, 0.6) is 0 Å². The average molecular weight is 302 g/mol. The molecule has 3 heterocycles. The molecule has 1 aliphatic rings. The van der Waals surface area contributed by atoms with E-state index < -0.39 is 0 Å². The molecule has 0 aliphatic carbocycles. The normalized spacial score (nSPS) is 14.6. The van der Waals surface area contributed by atoms with E-state index in [2.05, 4.69) is 41.6 Å². The summed E-state index contributed by atoms with van der Waals surface area (Å²) in [5.74, 6) is 0.879. The summed E-state index contributed by atoms with van der Waals surface area (Å²) in [5, 5.41) is 5.59. The summed E-state index contributed by atoms with van der Waals surface area (Å²) in [4.78, 5) is 13.3. The molecule has 112 valence electrons. The minimum absolute atomic E-state index is 0.879. The lowest BCUT2D eigenvalue weighted by Crippen LogP contribution is -2.25. The third-order valence-electron chi connectivity index (χ3n) is 3.97. The molecule has 0 saturated heterocycles. The summed E-state index contributed by atoms with van der Waals surface area (Å²) < 4.78 is 0. The molecule has 0 fully saturated rings. The van der Waals surface area contributed by atoms with E-state index in [1.165, 1.54) is 16.1 Å². The van der Waals surface area contributed by atoms with Gasteiger partial charge in [0.25, 0.3) is 0 Å². The zero-order chi connectivity index (χ0) is 14.7. The molecule has 0 spiro atoms. The second-order valence-electron chi connectivity index (χ2n) is 5.20. The summed E-state index contributed by atoms with van der Waals surface area (Å²) in [5.41, 5.74) is 3.69. The van der Waals surface area contributed by atoms with Crippen LogP contribution < -0.4 is 10.2 Å². The summed E-state index contributed by atoms with van der Waals surface area (Å²) >= 11 is 1.76. The van der Waals surface area contributed by atoms with Gasteiger partial charge in [0, 0.05) is 31.6 Å². The fourth-order valence-corrected chi connectivity index (χ4v) is 3.54. The number of nitrogens with one attached hydrogen (secondary N) is 1. The predicted molar refractivity (Wildman–Crippen MR) is 89.2 cm³/mol. The summed E-state index contributed by atoms with van der Waals surface area (Å²) in [6.45, 7) is 8.22. The molecule has 5 heteroatoms. The van der Waals surface area contributed by atoms with Gasteiger partial charge in [-0.05, 0) is 38.3 Å². The van der Waals surface area contributed by atoms with Crippen molar-refractivity contribution in [1.82, 2.24) is 15.3 Å². The van der Waals surface area contributed by atoms with E-state index in [9.17, 15) is 0 Å². The molecule has 2 aromatic heterocycles. The van der Waals surface area contributed by atoms with Crippen LogP contribution in [-0.4, -0.2) is 36.1 Å². The van der Waals surface area contributed by atoms with E-state index in [1.807, 2.05) is 0 Å². The van der Waals surface area contributed by atoms with Gasteiger partial charge < -0.3 is 10.2 Å². The van der Waals surface area contributed by atoms with Crippen molar-refractivity contribution < 1.29 is 0 Å². The molecule has 1 N–H and O–H groups in total. The third-order valence-corrected chi connectivity index (χ3v) is 4.85. The van der Waals surface area contributed by atoms with E-state index in [0.29, 0.717) is 0 Å². The second kappa shape index (κ2) is 6.54. The van der Waals surface area contributed by atoms with Gasteiger partial charge in [-0.2, -0.15) is 0 Å². The van der Waals surface area contributed by atoms with Crippen molar-refractivity contribution in [2.75, 3.05) is 31.1 Å². The van der Waals surface area contributed by atoms with Crippen molar-refractivity contribution in [2.24, 2.45) is 0 Å². The number of aromatic nitrogens is 2. The maximum Gasteiger partial charge on any atom is 0.226 e. The van der Waals surface area contributed by atoms with E-state index in [-0.39, 0.29) is 0 Å². The lowest BCUT2D eigenvalue weighted by atomic mass is 10.1. The first-order valence-electron chi connectivity index (χ1n) is 7.72. The Hall–Kier alpha value is -1.46. The van der Waals surface area contributed by atoms with Crippen molar-refractivity contribution in [3.63, 3.8) is 0 Å². The zero-order valence-electron chi connectivity index (χ0n) is 12.7. The number of anilines is 1. The van der Waals surface area contributed by atoms with Crippen LogP contribution in [0.1, 0.15) is 25.1 Å². The molecule has 0 amide bonds. The molecule has 0 radical (unpaired) electrons. The monoisotopic (exact) mass is 302 g/mol. The molecule has 0 atom stereocenters. The Bertz CT molecular complexity index is 591. The molecular formula is C16H22N4S. The predicted octanol–water partition coefficient (Wildman–Crippen LogP) is 2.74. The molecular weight excluding hydrogens is 280 g/mol. The Morgan fingerprint density at radius 1 is 1.19 bits per heavy atom. The van der Waals surface area contributed by atoms with Gasteiger partial charge in [0.1, 0.15) is 0 Å². The molecule has 1 aliphatic heterocycles. The summed E-state index contributed by atoms with van der Waals surface area (Å²) in [6, 6.07) is 4.26. The van der Waals surface area contributed by atoms with Gasteiger partial charge in [-0.3, -0.25) is 0 Å². The molecule has 0 aromatic carbocycles. The Labute approximate surface area is 130 Å². The molecule has 2 aromatic rings. The lowest BCUT2D eigenvalue weighted by molar-refractivity contribution is 0.708. The van der Waals surface area contributed by atoms with Crippen LogP contribution in [-0.2, 0) is 12.8 Å². The van der Waals surface area contributed by atoms with E-state index >= 15 is 0 Å². The van der Waals surface area contributed by atoms with Crippen molar-refractivity contribution in [3.05, 3.63) is 28.8 Å². The SMILES string of the molecule is CCN(CC)c1nc2c(c(-c3cccs3)n1)CCNCC2. The number of thiophene rings is 1. The number of fused-ring (bicyclic) bond motifs is 1. The van der Waals surface area contributed by atoms with Crippen molar-refractivity contribution >= 4 is 17.3 Å². The van der Waals surface area contributed by atoms with Crippen LogP contribution in [0.2, 0.25) is 0 Å². The first-order valence-corrected chi connectivity index (χ1v) is 8.60. The van der Waals surface area contributed by atoms with Crippen molar-refractivity contribution in [1.29, 1.82) is 0 Å². The van der Waals surface area contributed by atoms with Crippen LogP contribution in [0, 0.1) is 0 Å². The van der Waals surface area contributed by atoms with Crippen LogP contribution in [0.4, 0.5) is 5.95 Å². The molecule has 0 saturated carbocycles. The van der Waals surface area contributed by atoms with Gasteiger partial charge in [0.2, 0.25) is 5.95 Å². The third kappa shape index (κ3) is 2.94. The first-order chi connectivity index (χ1) is 10.3. The van der Waals surface area contributed by atoms with Crippen LogP contribution >= 0.6 is 11.3 Å². The highest BCUT2D eigenvalue weighted by molar-refractivity contribution is 7.13. The average Bonchev–Trinajstić information content (AvgIpc) is 2.93. The smallest absolute Gasteiger partial charge is 0.226 e. The fourth-order valence-electron chi connectivity index (χ4n) is 2.80. The standard InChI is InChI=1S/C16H22N4S/c1-3-20(4-2)16-18-13-8-10-17-9-7-12(13)15(19-16)14-6-5-11-21-14/h5-6,11,17H,3-4,7-10H2,1-2H3. The Kier molecular flexibility index (Phi) is 4.51. The van der Waals surface area contributed by atoms with Crippen molar-refractivity contribution in [3.8, 4) is 10.6 Å². The number of hydrogen-bond acceptors (Lipinski definition) is 5. The van der Waals surface area contributed by atoms with Crippen LogP contribution in [0.15, 0.2) is 17.5 Å². The van der Waals surface area contributed by atoms with Gasteiger partial charge >= 0.3 is 0 Å². The van der Waals surface area contributed by atoms with Crippen LogP contribution in [0.25, 0.3) is 10.6 Å². The van der Waals surface area contributed by atoms with Gasteiger partial charge in [0.05, 0.1) is 16.3 Å². The van der Waals surface area contributed by atoms with Gasteiger partial charge in [-0.25, -0.2) is 9.97 Å². The second-order valence-corrected chi connectivity index (χ2v) is 6.14. The van der Waals surface area contributed by atoms with E-state index in [1.54, 1.807) is 11.3 Å². The topological polar surface area (TPSA) is 41.1 Å². The first kappa shape index (κ1) is 14.5. The van der Waals surface area contributed by atoms with Gasteiger partial charge in [-0.1, -0.05) is 6.07 Å². The largest absolute Gasteiger partial charge is 0.341 e. The number of nitrogens with zero attached hydrogens (tertiary/aromatic N) is 3. The summed E-state index contributed by atoms with van der Waals surface area (Å²) in [7, 11) is 0. The molecule has 21 heavy (non-hydrogen) atoms.